The van der Waals surface area contributed by atoms with Crippen LogP contribution in [0, 0.1) is 0 Å². The van der Waals surface area contributed by atoms with E-state index in [1.165, 1.54) is 24.0 Å². The predicted molar refractivity (Wildman–Crippen MR) is 97.8 cm³/mol. The maximum absolute atomic E-state index is 8.07. The van der Waals surface area contributed by atoms with Crippen molar-refractivity contribution in [2.45, 2.75) is 38.0 Å². The first kappa shape index (κ1) is 17.7. The summed E-state index contributed by atoms with van der Waals surface area (Å²) in [4.78, 5) is 0. The van der Waals surface area contributed by atoms with E-state index in [1.807, 2.05) is 0 Å². The van der Waals surface area contributed by atoms with Gasteiger partial charge >= 0.3 is 0 Å². The number of nitrogens with one attached hydrogen (secondary N) is 1. The second-order valence-electron chi connectivity index (χ2n) is 6.14. The van der Waals surface area contributed by atoms with Gasteiger partial charge in [-0.1, -0.05) is 74.0 Å². The fourth-order valence-electron chi connectivity index (χ4n) is 3.27. The lowest BCUT2D eigenvalue weighted by molar-refractivity contribution is 0.287. The molecule has 2 N–H and O–H groups in total. The molecule has 2 nitrogen and oxygen atoms in total. The van der Waals surface area contributed by atoms with Crippen molar-refractivity contribution in [1.82, 2.24) is 5.32 Å². The number of hydrogen-bond donors (Lipinski definition) is 2. The van der Waals surface area contributed by atoms with E-state index in [-0.39, 0.29) is 5.41 Å². The first-order chi connectivity index (χ1) is 11.3. The molecule has 3 rings (SSSR count). The van der Waals surface area contributed by atoms with Crippen LogP contribution >= 0.6 is 0 Å². The fourth-order valence-corrected chi connectivity index (χ4v) is 3.27. The number of rotatable bonds is 4. The average molecular weight is 311 g/mol. The van der Waals surface area contributed by atoms with E-state index in [2.05, 4.69) is 72.9 Å². The molecule has 1 saturated heterocycles. The Morgan fingerprint density at radius 2 is 1.35 bits per heavy atom. The van der Waals surface area contributed by atoms with Crippen molar-refractivity contribution in [2.24, 2.45) is 0 Å². The van der Waals surface area contributed by atoms with Gasteiger partial charge < -0.3 is 10.4 Å². The highest BCUT2D eigenvalue weighted by Crippen LogP contribution is 2.39. The van der Waals surface area contributed by atoms with Gasteiger partial charge in [-0.2, -0.15) is 0 Å². The molecule has 0 atom stereocenters. The number of piperidine rings is 1. The number of aliphatic hydroxyl groups excluding tert-OH is 1. The van der Waals surface area contributed by atoms with Gasteiger partial charge in [-0.3, -0.25) is 0 Å². The van der Waals surface area contributed by atoms with E-state index < -0.39 is 0 Å². The molecule has 23 heavy (non-hydrogen) atoms. The van der Waals surface area contributed by atoms with Gasteiger partial charge in [-0.15, -0.1) is 0 Å². The molecule has 2 heteroatoms. The predicted octanol–water partition coefficient (Wildman–Crippen LogP) is 4.13. The Hall–Kier alpha value is -1.64. The topological polar surface area (TPSA) is 32.3 Å². The third-order valence-electron chi connectivity index (χ3n) is 4.62. The summed E-state index contributed by atoms with van der Waals surface area (Å²) in [5.41, 5.74) is 3.11. The smallest absolute Gasteiger partial charge is 0.0430 e. The van der Waals surface area contributed by atoms with Crippen LogP contribution < -0.4 is 5.32 Å². The van der Waals surface area contributed by atoms with E-state index in [0.29, 0.717) is 6.61 Å². The van der Waals surface area contributed by atoms with Crippen molar-refractivity contribution in [3.05, 3.63) is 71.8 Å². The van der Waals surface area contributed by atoms with Gasteiger partial charge in [0.25, 0.3) is 0 Å². The summed E-state index contributed by atoms with van der Waals surface area (Å²) in [7, 11) is 0. The van der Waals surface area contributed by atoms with Crippen LogP contribution in [0.1, 0.15) is 43.7 Å². The summed E-state index contributed by atoms with van der Waals surface area (Å²) < 4.78 is 0. The van der Waals surface area contributed by atoms with E-state index in [0.717, 1.165) is 25.9 Å². The Kier molecular flexibility index (Phi) is 7.31. The van der Waals surface area contributed by atoms with Gasteiger partial charge in [0, 0.05) is 12.0 Å². The van der Waals surface area contributed by atoms with Gasteiger partial charge in [0.15, 0.2) is 0 Å². The first-order valence-corrected chi connectivity index (χ1v) is 8.76. The molecule has 0 unspecified atom stereocenters. The standard InChI is InChI=1S/C17H19N.C4H10O/c1-3-7-15(8-4-1)17(11-13-18-14-12-17)16-9-5-2-6-10-16;1-2-3-4-5/h1-10,18H,11-14H2;5H,2-4H2,1H3. The van der Waals surface area contributed by atoms with Crippen LogP contribution in [0.2, 0.25) is 0 Å². The van der Waals surface area contributed by atoms with E-state index in [1.54, 1.807) is 0 Å². The number of aliphatic hydroxyl groups is 1. The summed E-state index contributed by atoms with van der Waals surface area (Å²) in [6.07, 6.45) is 4.40. The molecule has 1 aliphatic rings. The van der Waals surface area contributed by atoms with Gasteiger partial charge in [0.2, 0.25) is 0 Å². The Bertz CT molecular complexity index is 489. The highest BCUT2D eigenvalue weighted by Gasteiger charge is 2.35. The van der Waals surface area contributed by atoms with Crippen LogP contribution in [0.4, 0.5) is 0 Å². The van der Waals surface area contributed by atoms with E-state index >= 15 is 0 Å². The van der Waals surface area contributed by atoms with Crippen molar-refractivity contribution in [2.75, 3.05) is 19.7 Å². The minimum Gasteiger partial charge on any atom is -0.396 e. The Balaban J connectivity index is 0.000000338. The zero-order valence-electron chi connectivity index (χ0n) is 14.2. The van der Waals surface area contributed by atoms with E-state index in [9.17, 15) is 0 Å². The van der Waals surface area contributed by atoms with Crippen molar-refractivity contribution in [1.29, 1.82) is 0 Å². The van der Waals surface area contributed by atoms with Crippen molar-refractivity contribution in [3.8, 4) is 0 Å². The summed E-state index contributed by atoms with van der Waals surface area (Å²) in [5, 5.41) is 11.5. The molecule has 2 aromatic rings. The normalized spacial score (nSPS) is 16.3. The maximum Gasteiger partial charge on any atom is 0.0430 e. The summed E-state index contributed by atoms with van der Waals surface area (Å²) >= 11 is 0. The monoisotopic (exact) mass is 311 g/mol. The lowest BCUT2D eigenvalue weighted by Gasteiger charge is -2.39. The largest absolute Gasteiger partial charge is 0.396 e. The second-order valence-corrected chi connectivity index (χ2v) is 6.14. The molecule has 2 aromatic carbocycles. The highest BCUT2D eigenvalue weighted by atomic mass is 16.2. The maximum atomic E-state index is 8.07. The Labute approximate surface area is 140 Å². The number of unbranched alkanes of at least 4 members (excludes halogenated alkanes) is 1. The molecule has 0 spiro atoms. The Morgan fingerprint density at radius 3 is 1.70 bits per heavy atom. The number of benzene rings is 2. The summed E-state index contributed by atoms with van der Waals surface area (Å²) in [6, 6.07) is 21.9. The van der Waals surface area contributed by atoms with Crippen LogP contribution in [-0.4, -0.2) is 24.8 Å². The highest BCUT2D eigenvalue weighted by molar-refractivity contribution is 5.39. The second kappa shape index (κ2) is 9.49. The molecule has 0 amide bonds. The first-order valence-electron chi connectivity index (χ1n) is 8.76. The third-order valence-corrected chi connectivity index (χ3v) is 4.62. The van der Waals surface area contributed by atoms with Gasteiger partial charge in [-0.25, -0.2) is 0 Å². The number of hydrogen-bond acceptors (Lipinski definition) is 2. The molecule has 1 fully saturated rings. The van der Waals surface area contributed by atoms with Crippen LogP contribution in [-0.2, 0) is 5.41 Å². The summed E-state index contributed by atoms with van der Waals surface area (Å²) in [5.74, 6) is 0. The molecule has 0 bridgehead atoms. The average Bonchev–Trinajstić information content (AvgIpc) is 2.65. The lowest BCUT2D eigenvalue weighted by Crippen LogP contribution is -2.40. The minimum absolute atomic E-state index is 0.202. The zero-order chi connectivity index (χ0) is 16.4. The van der Waals surface area contributed by atoms with Crippen LogP contribution in [0.3, 0.4) is 0 Å². The van der Waals surface area contributed by atoms with Crippen molar-refractivity contribution < 1.29 is 5.11 Å². The molecule has 0 saturated carbocycles. The zero-order valence-corrected chi connectivity index (χ0v) is 14.2. The SMILES string of the molecule is CCCCO.c1ccc(C2(c3ccccc3)CCNCC2)cc1. The summed E-state index contributed by atoms with van der Waals surface area (Å²) in [6.45, 7) is 4.60. The van der Waals surface area contributed by atoms with Gasteiger partial charge in [0.1, 0.15) is 0 Å². The molecule has 124 valence electrons. The fraction of sp³-hybridized carbons (Fsp3) is 0.429. The van der Waals surface area contributed by atoms with Crippen LogP contribution in [0.15, 0.2) is 60.7 Å². The molecule has 0 radical (unpaired) electrons. The van der Waals surface area contributed by atoms with E-state index in [4.69, 9.17) is 5.11 Å². The lowest BCUT2D eigenvalue weighted by atomic mass is 9.68. The van der Waals surface area contributed by atoms with Crippen molar-refractivity contribution in [3.63, 3.8) is 0 Å². The third kappa shape index (κ3) is 4.66. The van der Waals surface area contributed by atoms with Crippen molar-refractivity contribution >= 4 is 0 Å². The molecule has 1 aliphatic heterocycles. The van der Waals surface area contributed by atoms with Gasteiger partial charge in [0.05, 0.1) is 0 Å². The Morgan fingerprint density at radius 1 is 0.870 bits per heavy atom. The van der Waals surface area contributed by atoms with Crippen LogP contribution in [0.25, 0.3) is 0 Å². The van der Waals surface area contributed by atoms with Crippen LogP contribution in [0.5, 0.6) is 0 Å². The molecular weight excluding hydrogens is 282 g/mol. The molecule has 0 aromatic heterocycles. The van der Waals surface area contributed by atoms with Gasteiger partial charge in [-0.05, 0) is 43.5 Å². The molecular formula is C21H29NO. The molecule has 1 heterocycles. The minimum atomic E-state index is 0.202. The quantitative estimate of drug-likeness (QED) is 0.889. The molecule has 0 aliphatic carbocycles.